The smallest absolute Gasteiger partial charge is 0.0595 e. The van der Waals surface area contributed by atoms with Gasteiger partial charge in [-0.1, -0.05) is 45.2 Å². The first-order chi connectivity index (χ1) is 7.66. The van der Waals surface area contributed by atoms with Gasteiger partial charge in [-0.2, -0.15) is 0 Å². The fourth-order valence-corrected chi connectivity index (χ4v) is 2.91. The van der Waals surface area contributed by atoms with Gasteiger partial charge in [-0.05, 0) is 37.0 Å². The average Bonchev–Trinajstić information content (AvgIpc) is 2.74. The van der Waals surface area contributed by atoms with Gasteiger partial charge in [0, 0.05) is 11.4 Å². The summed E-state index contributed by atoms with van der Waals surface area (Å²) in [5, 5.41) is 1.21. The number of benzene rings is 1. The summed E-state index contributed by atoms with van der Waals surface area (Å²) in [6.45, 7) is 0.895. The van der Waals surface area contributed by atoms with E-state index in [1.807, 2.05) is 18.2 Å². The van der Waals surface area contributed by atoms with Crippen molar-refractivity contribution >= 4 is 39.1 Å². The summed E-state index contributed by atoms with van der Waals surface area (Å²) in [5.74, 6) is 0. The molecule has 2 rings (SSSR count). The molecule has 1 heterocycles. The van der Waals surface area contributed by atoms with Crippen LogP contribution in [0, 0.1) is 0 Å². The minimum Gasteiger partial charge on any atom is -0.378 e. The van der Waals surface area contributed by atoms with E-state index in [0.29, 0.717) is 16.1 Å². The third kappa shape index (κ3) is 3.13. The van der Waals surface area contributed by atoms with E-state index in [9.17, 15) is 0 Å². The van der Waals surface area contributed by atoms with Crippen molar-refractivity contribution in [3.8, 4) is 0 Å². The summed E-state index contributed by atoms with van der Waals surface area (Å²) in [6.07, 6.45) is 3.69. The van der Waals surface area contributed by atoms with Gasteiger partial charge in [0.2, 0.25) is 0 Å². The Kier molecular flexibility index (Phi) is 4.54. The molecular weight excluding hydrogens is 311 g/mol. The fourth-order valence-electron chi connectivity index (χ4n) is 1.90. The van der Waals surface area contributed by atoms with E-state index >= 15 is 0 Å². The molecule has 1 aromatic rings. The molecule has 4 heteroatoms. The number of rotatable bonds is 3. The fraction of sp³-hybridized carbons (Fsp3) is 0.500. The number of hydrogen-bond acceptors (Lipinski definition) is 1. The summed E-state index contributed by atoms with van der Waals surface area (Å²) >= 11 is 15.5. The second-order valence-electron chi connectivity index (χ2n) is 4.01. The Labute approximate surface area is 114 Å². The highest BCUT2D eigenvalue weighted by atomic mass is 79.9. The minimum absolute atomic E-state index is 0.283. The van der Waals surface area contributed by atoms with Crippen LogP contribution in [0.1, 0.15) is 29.7 Å². The monoisotopic (exact) mass is 322 g/mol. The molecule has 1 saturated heterocycles. The standard InChI is InChI=1S/C12H13BrCl2O/c13-10(7-9-2-1-5-16-9)8-3-4-11(14)12(15)6-8/h3-4,6,9-10H,1-2,5,7H2. The molecule has 1 aromatic carbocycles. The van der Waals surface area contributed by atoms with Crippen LogP contribution < -0.4 is 0 Å². The normalized spacial score (nSPS) is 22.3. The molecule has 0 aromatic heterocycles. The lowest BCUT2D eigenvalue weighted by Gasteiger charge is -2.15. The molecule has 0 radical (unpaired) electrons. The Morgan fingerprint density at radius 2 is 2.19 bits per heavy atom. The second-order valence-corrected chi connectivity index (χ2v) is 5.93. The van der Waals surface area contributed by atoms with Crippen LogP contribution in [-0.2, 0) is 4.74 Å². The summed E-state index contributed by atoms with van der Waals surface area (Å²) < 4.78 is 5.61. The maximum atomic E-state index is 5.99. The molecule has 0 saturated carbocycles. The second kappa shape index (κ2) is 5.72. The van der Waals surface area contributed by atoms with Crippen LogP contribution in [-0.4, -0.2) is 12.7 Å². The van der Waals surface area contributed by atoms with E-state index in [0.717, 1.165) is 25.0 Å². The molecule has 1 nitrogen and oxygen atoms in total. The third-order valence-corrected chi connectivity index (χ3v) is 4.44. The van der Waals surface area contributed by atoms with E-state index in [1.54, 1.807) is 0 Å². The van der Waals surface area contributed by atoms with Gasteiger partial charge in [-0.25, -0.2) is 0 Å². The van der Waals surface area contributed by atoms with Crippen LogP contribution in [0.3, 0.4) is 0 Å². The van der Waals surface area contributed by atoms with Crippen molar-refractivity contribution in [3.05, 3.63) is 33.8 Å². The predicted octanol–water partition coefficient (Wildman–Crippen LogP) is 5.00. The van der Waals surface area contributed by atoms with Gasteiger partial charge >= 0.3 is 0 Å². The van der Waals surface area contributed by atoms with Gasteiger partial charge in [-0.15, -0.1) is 0 Å². The Morgan fingerprint density at radius 1 is 1.38 bits per heavy atom. The number of ether oxygens (including phenoxy) is 1. The van der Waals surface area contributed by atoms with Crippen LogP contribution in [0.15, 0.2) is 18.2 Å². The highest BCUT2D eigenvalue weighted by Crippen LogP contribution is 2.34. The molecule has 88 valence electrons. The molecule has 0 bridgehead atoms. The molecule has 16 heavy (non-hydrogen) atoms. The van der Waals surface area contributed by atoms with Crippen molar-refractivity contribution in [3.63, 3.8) is 0 Å². The first-order valence-corrected chi connectivity index (χ1v) is 7.04. The SMILES string of the molecule is Clc1ccc(C(Br)CC2CCCO2)cc1Cl. The Hall–Kier alpha value is 0.240. The van der Waals surface area contributed by atoms with Crippen molar-refractivity contribution < 1.29 is 4.74 Å². The highest BCUT2D eigenvalue weighted by Gasteiger charge is 2.20. The Morgan fingerprint density at radius 3 is 2.81 bits per heavy atom. The van der Waals surface area contributed by atoms with E-state index < -0.39 is 0 Å². The van der Waals surface area contributed by atoms with Gasteiger partial charge in [0.05, 0.1) is 16.1 Å². The summed E-state index contributed by atoms with van der Waals surface area (Å²) in [7, 11) is 0. The van der Waals surface area contributed by atoms with Gasteiger partial charge in [0.15, 0.2) is 0 Å². The van der Waals surface area contributed by atoms with Gasteiger partial charge in [0.25, 0.3) is 0 Å². The molecular formula is C12H13BrCl2O. The first-order valence-electron chi connectivity index (χ1n) is 5.37. The molecule has 1 aliphatic rings. The van der Waals surface area contributed by atoms with Crippen LogP contribution in [0.25, 0.3) is 0 Å². The number of alkyl halides is 1. The molecule has 1 aliphatic heterocycles. The zero-order chi connectivity index (χ0) is 11.5. The molecule has 0 aliphatic carbocycles. The lowest BCUT2D eigenvalue weighted by molar-refractivity contribution is 0.104. The summed E-state index contributed by atoms with van der Waals surface area (Å²) in [6, 6.07) is 5.75. The van der Waals surface area contributed by atoms with Gasteiger partial charge in [0.1, 0.15) is 0 Å². The predicted molar refractivity (Wildman–Crippen MR) is 71.7 cm³/mol. The van der Waals surface area contributed by atoms with Crippen molar-refractivity contribution in [2.24, 2.45) is 0 Å². The van der Waals surface area contributed by atoms with Crippen molar-refractivity contribution in [1.29, 1.82) is 0 Å². The quantitative estimate of drug-likeness (QED) is 0.711. The lowest BCUT2D eigenvalue weighted by atomic mass is 10.1. The molecule has 1 fully saturated rings. The maximum Gasteiger partial charge on any atom is 0.0595 e. The van der Waals surface area contributed by atoms with Crippen molar-refractivity contribution in [2.75, 3.05) is 6.61 Å². The molecule has 0 amide bonds. The number of halogens is 3. The average molecular weight is 324 g/mol. The lowest BCUT2D eigenvalue weighted by Crippen LogP contribution is -2.07. The van der Waals surface area contributed by atoms with Crippen molar-refractivity contribution in [1.82, 2.24) is 0 Å². The largest absolute Gasteiger partial charge is 0.378 e. The zero-order valence-electron chi connectivity index (χ0n) is 8.76. The maximum absolute atomic E-state index is 5.99. The van der Waals surface area contributed by atoms with Crippen LogP contribution in [0.4, 0.5) is 0 Å². The van der Waals surface area contributed by atoms with Gasteiger partial charge in [-0.3, -0.25) is 0 Å². The Bertz CT molecular complexity index is 364. The summed E-state index contributed by atoms with van der Waals surface area (Å²) in [5.41, 5.74) is 1.16. The van der Waals surface area contributed by atoms with E-state index in [1.165, 1.54) is 6.42 Å². The van der Waals surface area contributed by atoms with Crippen molar-refractivity contribution in [2.45, 2.75) is 30.2 Å². The van der Waals surface area contributed by atoms with Crippen LogP contribution in [0.5, 0.6) is 0 Å². The zero-order valence-corrected chi connectivity index (χ0v) is 11.9. The van der Waals surface area contributed by atoms with Crippen LogP contribution >= 0.6 is 39.1 Å². The number of hydrogen-bond donors (Lipinski definition) is 0. The molecule has 2 unspecified atom stereocenters. The Balaban J connectivity index is 2.02. The molecule has 0 spiro atoms. The molecule has 2 atom stereocenters. The topological polar surface area (TPSA) is 9.23 Å². The van der Waals surface area contributed by atoms with E-state index in [2.05, 4.69) is 15.9 Å². The molecule has 0 N–H and O–H groups in total. The first kappa shape index (κ1) is 12.7. The summed E-state index contributed by atoms with van der Waals surface area (Å²) in [4.78, 5) is 0.283. The third-order valence-electron chi connectivity index (χ3n) is 2.80. The van der Waals surface area contributed by atoms with Crippen LogP contribution in [0.2, 0.25) is 10.0 Å². The minimum atomic E-state index is 0.283. The van der Waals surface area contributed by atoms with Gasteiger partial charge < -0.3 is 4.74 Å². The highest BCUT2D eigenvalue weighted by molar-refractivity contribution is 9.09. The van der Waals surface area contributed by atoms with E-state index in [4.69, 9.17) is 27.9 Å². The van der Waals surface area contributed by atoms with E-state index in [-0.39, 0.29) is 4.83 Å².